The van der Waals surface area contributed by atoms with E-state index in [0.29, 0.717) is 19.4 Å². The summed E-state index contributed by atoms with van der Waals surface area (Å²) in [6, 6.07) is 7.38. The number of benzene rings is 1. The van der Waals surface area contributed by atoms with E-state index < -0.39 is 5.97 Å². The van der Waals surface area contributed by atoms with E-state index in [0.717, 1.165) is 11.3 Å². The molecule has 1 amide bonds. The maximum absolute atomic E-state index is 11.6. The van der Waals surface area contributed by atoms with Crippen LogP contribution in [0.25, 0.3) is 6.08 Å². The molecule has 1 aliphatic heterocycles. The molecule has 0 radical (unpaired) electrons. The Kier molecular flexibility index (Phi) is 5.37. The second-order valence-electron chi connectivity index (χ2n) is 4.77. The van der Waals surface area contributed by atoms with Crippen molar-refractivity contribution in [2.75, 3.05) is 13.2 Å². The second kappa shape index (κ2) is 7.47. The summed E-state index contributed by atoms with van der Waals surface area (Å²) >= 11 is 0. The average Bonchev–Trinajstić information content (AvgIpc) is 2.90. The maximum Gasteiger partial charge on any atom is 0.330 e. The van der Waals surface area contributed by atoms with Crippen molar-refractivity contribution in [3.63, 3.8) is 0 Å². The second-order valence-corrected chi connectivity index (χ2v) is 4.77. The van der Waals surface area contributed by atoms with Crippen molar-refractivity contribution in [1.29, 1.82) is 0 Å². The fraction of sp³-hybridized carbons (Fsp3) is 0.375. The van der Waals surface area contributed by atoms with Gasteiger partial charge in [-0.05, 0) is 37.1 Å². The van der Waals surface area contributed by atoms with Crippen LogP contribution in [0.15, 0.2) is 30.3 Å². The van der Waals surface area contributed by atoms with Crippen LogP contribution < -0.4 is 10.1 Å². The summed E-state index contributed by atoms with van der Waals surface area (Å²) in [6.07, 6.45) is 4.29. The molecule has 1 fully saturated rings. The van der Waals surface area contributed by atoms with Crippen LogP contribution in [-0.2, 0) is 14.3 Å². The van der Waals surface area contributed by atoms with E-state index in [2.05, 4.69) is 5.32 Å². The fourth-order valence-electron chi connectivity index (χ4n) is 2.04. The molecule has 1 saturated heterocycles. The maximum atomic E-state index is 11.6. The molecule has 1 heterocycles. The van der Waals surface area contributed by atoms with Crippen LogP contribution in [0, 0.1) is 0 Å². The molecule has 1 unspecified atom stereocenters. The molecule has 112 valence electrons. The predicted molar refractivity (Wildman–Crippen MR) is 78.8 cm³/mol. The van der Waals surface area contributed by atoms with Gasteiger partial charge in [0.15, 0.2) is 0 Å². The van der Waals surface area contributed by atoms with Gasteiger partial charge in [-0.15, -0.1) is 0 Å². The number of hydrogen-bond donors (Lipinski definition) is 1. The number of carbonyl (C=O) groups excluding carboxylic acids is 2. The number of hydrogen-bond acceptors (Lipinski definition) is 4. The molecule has 0 bridgehead atoms. The summed E-state index contributed by atoms with van der Waals surface area (Å²) in [5.41, 5.74) is 0.893. The van der Waals surface area contributed by atoms with Gasteiger partial charge in [-0.2, -0.15) is 0 Å². The zero-order chi connectivity index (χ0) is 15.1. The van der Waals surface area contributed by atoms with E-state index in [1.807, 2.05) is 31.2 Å². The summed E-state index contributed by atoms with van der Waals surface area (Å²) in [5.74, 6) is 0.403. The third-order valence-electron chi connectivity index (χ3n) is 3.11. The molecule has 5 heteroatoms. The predicted octanol–water partition coefficient (Wildman–Crippen LogP) is 1.92. The van der Waals surface area contributed by atoms with Crippen LogP contribution in [-0.4, -0.2) is 31.1 Å². The third-order valence-corrected chi connectivity index (χ3v) is 3.11. The smallest absolute Gasteiger partial charge is 0.330 e. The zero-order valence-electron chi connectivity index (χ0n) is 12.0. The van der Waals surface area contributed by atoms with E-state index in [-0.39, 0.29) is 18.6 Å². The van der Waals surface area contributed by atoms with Gasteiger partial charge in [0.25, 0.3) is 0 Å². The van der Waals surface area contributed by atoms with Crippen LogP contribution >= 0.6 is 0 Å². The molecule has 0 saturated carbocycles. The van der Waals surface area contributed by atoms with Gasteiger partial charge in [0.2, 0.25) is 5.91 Å². The molecule has 1 aromatic rings. The highest BCUT2D eigenvalue weighted by Gasteiger charge is 2.21. The van der Waals surface area contributed by atoms with E-state index in [1.165, 1.54) is 6.08 Å². The van der Waals surface area contributed by atoms with Crippen molar-refractivity contribution >= 4 is 18.0 Å². The normalized spacial score (nSPS) is 17.8. The van der Waals surface area contributed by atoms with Crippen LogP contribution in [0.5, 0.6) is 5.75 Å². The number of nitrogens with one attached hydrogen (secondary N) is 1. The van der Waals surface area contributed by atoms with Crippen LogP contribution in [0.3, 0.4) is 0 Å². The molecule has 1 aliphatic rings. The Morgan fingerprint density at radius 3 is 2.76 bits per heavy atom. The highest BCUT2D eigenvalue weighted by molar-refractivity contribution is 5.87. The Morgan fingerprint density at radius 2 is 2.14 bits per heavy atom. The molecule has 2 rings (SSSR count). The molecule has 0 spiro atoms. The minimum absolute atomic E-state index is 0.0148. The molecule has 0 aliphatic carbocycles. The highest BCUT2D eigenvalue weighted by atomic mass is 16.5. The van der Waals surface area contributed by atoms with Gasteiger partial charge in [-0.1, -0.05) is 12.1 Å². The molecule has 0 aromatic heterocycles. The van der Waals surface area contributed by atoms with Crippen molar-refractivity contribution in [1.82, 2.24) is 5.32 Å². The van der Waals surface area contributed by atoms with Crippen molar-refractivity contribution < 1.29 is 19.1 Å². The largest absolute Gasteiger partial charge is 0.494 e. The third kappa shape index (κ3) is 4.95. The van der Waals surface area contributed by atoms with E-state index in [1.54, 1.807) is 6.08 Å². The molecule has 1 atom stereocenters. The number of amides is 1. The minimum Gasteiger partial charge on any atom is -0.494 e. The van der Waals surface area contributed by atoms with Gasteiger partial charge < -0.3 is 14.8 Å². The van der Waals surface area contributed by atoms with Crippen molar-refractivity contribution in [2.45, 2.75) is 25.8 Å². The number of rotatable bonds is 6. The topological polar surface area (TPSA) is 64.6 Å². The fourth-order valence-corrected chi connectivity index (χ4v) is 2.04. The lowest BCUT2D eigenvalue weighted by molar-refractivity contribution is -0.138. The molecule has 21 heavy (non-hydrogen) atoms. The van der Waals surface area contributed by atoms with Gasteiger partial charge >= 0.3 is 5.97 Å². The summed E-state index contributed by atoms with van der Waals surface area (Å²) in [4.78, 5) is 22.6. The summed E-state index contributed by atoms with van der Waals surface area (Å²) < 4.78 is 10.4. The van der Waals surface area contributed by atoms with Crippen molar-refractivity contribution in [3.05, 3.63) is 35.9 Å². The van der Waals surface area contributed by atoms with Crippen LogP contribution in [0.1, 0.15) is 25.3 Å². The first-order chi connectivity index (χ1) is 10.2. The highest BCUT2D eigenvalue weighted by Crippen LogP contribution is 2.13. The molecule has 1 N–H and O–H groups in total. The summed E-state index contributed by atoms with van der Waals surface area (Å²) in [6.45, 7) is 2.77. The summed E-state index contributed by atoms with van der Waals surface area (Å²) in [5, 5.41) is 2.75. The van der Waals surface area contributed by atoms with Crippen molar-refractivity contribution in [2.24, 2.45) is 0 Å². The molecular formula is C16H19NO4. The van der Waals surface area contributed by atoms with E-state index >= 15 is 0 Å². The van der Waals surface area contributed by atoms with Crippen LogP contribution in [0.4, 0.5) is 0 Å². The Hall–Kier alpha value is -2.30. The summed E-state index contributed by atoms with van der Waals surface area (Å²) in [7, 11) is 0. The quantitative estimate of drug-likeness (QED) is 0.642. The lowest BCUT2D eigenvalue weighted by atomic mass is 10.2. The first kappa shape index (κ1) is 15.1. The molecule has 5 nitrogen and oxygen atoms in total. The minimum atomic E-state index is -0.412. The van der Waals surface area contributed by atoms with Gasteiger partial charge in [0, 0.05) is 12.5 Å². The first-order valence-corrected chi connectivity index (χ1v) is 7.04. The number of carbonyl (C=O) groups is 2. The van der Waals surface area contributed by atoms with E-state index in [4.69, 9.17) is 9.47 Å². The Labute approximate surface area is 123 Å². The van der Waals surface area contributed by atoms with Crippen molar-refractivity contribution in [3.8, 4) is 5.75 Å². The van der Waals surface area contributed by atoms with Gasteiger partial charge in [0.05, 0.1) is 12.6 Å². The molecular weight excluding hydrogens is 270 g/mol. The lowest BCUT2D eigenvalue weighted by Gasteiger charge is -2.08. The Balaban J connectivity index is 1.77. The Bertz CT molecular complexity index is 522. The SMILES string of the molecule is CCOc1ccc(/C=C/C(=O)OCC2CCC(=O)N2)cc1. The van der Waals surface area contributed by atoms with Gasteiger partial charge in [0.1, 0.15) is 12.4 Å². The first-order valence-electron chi connectivity index (χ1n) is 7.04. The Morgan fingerprint density at radius 1 is 1.38 bits per heavy atom. The van der Waals surface area contributed by atoms with E-state index in [9.17, 15) is 9.59 Å². The van der Waals surface area contributed by atoms with Gasteiger partial charge in [-0.3, -0.25) is 4.79 Å². The zero-order valence-corrected chi connectivity index (χ0v) is 12.0. The van der Waals surface area contributed by atoms with Gasteiger partial charge in [-0.25, -0.2) is 4.79 Å². The standard InChI is InChI=1S/C16H19NO4/c1-2-20-14-7-3-12(4-8-14)5-10-16(19)21-11-13-6-9-15(18)17-13/h3-5,7-8,10,13H,2,6,9,11H2,1H3,(H,17,18)/b10-5+. The lowest BCUT2D eigenvalue weighted by Crippen LogP contribution is -2.30. The molecule has 1 aromatic carbocycles. The number of esters is 1. The number of ether oxygens (including phenoxy) is 2. The monoisotopic (exact) mass is 289 g/mol. The average molecular weight is 289 g/mol. The van der Waals surface area contributed by atoms with Crippen LogP contribution in [0.2, 0.25) is 0 Å².